The van der Waals surface area contributed by atoms with E-state index < -0.39 is 5.91 Å². The SMILES string of the molecule is Cc1nn(C)c(N2CCN(C3CNC3)CC2)c1C(N)=O. The molecule has 1 aromatic heterocycles. The van der Waals surface area contributed by atoms with Gasteiger partial charge in [-0.1, -0.05) is 0 Å². The normalized spacial score (nSPS) is 21.0. The van der Waals surface area contributed by atoms with Crippen molar-refractivity contribution in [3.63, 3.8) is 0 Å². The summed E-state index contributed by atoms with van der Waals surface area (Å²) in [7, 11) is 1.87. The lowest BCUT2D eigenvalue weighted by atomic mass is 10.1. The first-order valence-electron chi connectivity index (χ1n) is 7.11. The third kappa shape index (κ3) is 2.16. The standard InChI is InChI=1S/C13H22N6O/c1-9-11(12(14)20)13(17(2)16-9)19-5-3-18(4-6-19)10-7-15-8-10/h10,15H,3-8H2,1-2H3,(H2,14,20). The van der Waals surface area contributed by atoms with Crippen LogP contribution in [0.1, 0.15) is 16.1 Å². The molecular formula is C13H22N6O. The smallest absolute Gasteiger partial charge is 0.254 e. The van der Waals surface area contributed by atoms with Gasteiger partial charge in [0.25, 0.3) is 5.91 Å². The average molecular weight is 278 g/mol. The van der Waals surface area contributed by atoms with Crippen LogP contribution in [-0.2, 0) is 7.05 Å². The van der Waals surface area contributed by atoms with Crippen molar-refractivity contribution < 1.29 is 4.79 Å². The minimum atomic E-state index is -0.392. The molecular weight excluding hydrogens is 256 g/mol. The van der Waals surface area contributed by atoms with Gasteiger partial charge >= 0.3 is 0 Å². The molecule has 0 unspecified atom stereocenters. The maximum atomic E-state index is 11.7. The molecule has 0 atom stereocenters. The Morgan fingerprint density at radius 2 is 1.95 bits per heavy atom. The van der Waals surface area contributed by atoms with E-state index in [9.17, 15) is 4.79 Å². The van der Waals surface area contributed by atoms with Gasteiger partial charge < -0.3 is 16.0 Å². The van der Waals surface area contributed by atoms with Crippen LogP contribution in [0.15, 0.2) is 0 Å². The van der Waals surface area contributed by atoms with E-state index in [4.69, 9.17) is 5.73 Å². The number of nitrogens with zero attached hydrogens (tertiary/aromatic N) is 4. The van der Waals surface area contributed by atoms with Gasteiger partial charge in [0.1, 0.15) is 11.4 Å². The fraction of sp³-hybridized carbons (Fsp3) is 0.692. The molecule has 7 nitrogen and oxygen atoms in total. The van der Waals surface area contributed by atoms with Crippen LogP contribution in [0, 0.1) is 6.92 Å². The first-order valence-corrected chi connectivity index (χ1v) is 7.11. The van der Waals surface area contributed by atoms with Gasteiger partial charge in [-0.3, -0.25) is 14.4 Å². The predicted molar refractivity (Wildman–Crippen MR) is 76.9 cm³/mol. The van der Waals surface area contributed by atoms with Crippen LogP contribution >= 0.6 is 0 Å². The number of carbonyl (C=O) groups excluding carboxylic acids is 1. The summed E-state index contributed by atoms with van der Waals surface area (Å²) in [5.41, 5.74) is 6.77. The molecule has 1 amide bonds. The highest BCUT2D eigenvalue weighted by Crippen LogP contribution is 2.24. The Labute approximate surface area is 118 Å². The number of carbonyl (C=O) groups is 1. The van der Waals surface area contributed by atoms with Crippen LogP contribution in [-0.4, -0.2) is 65.9 Å². The van der Waals surface area contributed by atoms with Crippen molar-refractivity contribution in [2.45, 2.75) is 13.0 Å². The number of piperazine rings is 1. The molecule has 2 aliphatic heterocycles. The van der Waals surface area contributed by atoms with Crippen molar-refractivity contribution >= 4 is 11.7 Å². The zero-order valence-corrected chi connectivity index (χ0v) is 12.1. The summed E-state index contributed by atoms with van der Waals surface area (Å²) in [5.74, 6) is 0.470. The van der Waals surface area contributed by atoms with Gasteiger partial charge in [0.15, 0.2) is 0 Å². The van der Waals surface area contributed by atoms with E-state index in [0.29, 0.717) is 17.3 Å². The number of rotatable bonds is 3. The Bertz CT molecular complexity index is 513. The maximum Gasteiger partial charge on any atom is 0.254 e. The molecule has 0 spiro atoms. The summed E-state index contributed by atoms with van der Waals surface area (Å²) < 4.78 is 1.77. The van der Waals surface area contributed by atoms with E-state index in [2.05, 4.69) is 20.2 Å². The van der Waals surface area contributed by atoms with E-state index in [-0.39, 0.29) is 0 Å². The summed E-state index contributed by atoms with van der Waals surface area (Å²) in [5, 5.41) is 7.65. The summed E-state index contributed by atoms with van der Waals surface area (Å²) in [6.07, 6.45) is 0. The summed E-state index contributed by atoms with van der Waals surface area (Å²) >= 11 is 0. The van der Waals surface area contributed by atoms with Crippen LogP contribution < -0.4 is 16.0 Å². The van der Waals surface area contributed by atoms with E-state index in [1.165, 1.54) is 0 Å². The second-order valence-corrected chi connectivity index (χ2v) is 5.61. The molecule has 0 aromatic carbocycles. The molecule has 110 valence electrons. The van der Waals surface area contributed by atoms with E-state index in [0.717, 1.165) is 45.1 Å². The Balaban J connectivity index is 1.76. The second-order valence-electron chi connectivity index (χ2n) is 5.61. The third-order valence-electron chi connectivity index (χ3n) is 4.33. The quantitative estimate of drug-likeness (QED) is 0.735. The largest absolute Gasteiger partial charge is 0.365 e. The van der Waals surface area contributed by atoms with Gasteiger partial charge in [0.2, 0.25) is 0 Å². The second kappa shape index (κ2) is 5.06. The zero-order valence-electron chi connectivity index (χ0n) is 12.1. The number of anilines is 1. The molecule has 7 heteroatoms. The molecule has 2 aliphatic rings. The van der Waals surface area contributed by atoms with Gasteiger partial charge in [0.05, 0.1) is 5.69 Å². The van der Waals surface area contributed by atoms with Crippen molar-refractivity contribution in [2.75, 3.05) is 44.2 Å². The number of primary amides is 1. The number of nitrogens with one attached hydrogen (secondary N) is 1. The zero-order chi connectivity index (χ0) is 14.3. The highest BCUT2D eigenvalue weighted by atomic mass is 16.1. The lowest BCUT2D eigenvalue weighted by Gasteiger charge is -2.43. The number of hydrogen-bond donors (Lipinski definition) is 2. The Hall–Kier alpha value is -1.60. The predicted octanol–water partition coefficient (Wildman–Crippen LogP) is -1.08. The average Bonchev–Trinajstić information content (AvgIpc) is 2.63. The molecule has 20 heavy (non-hydrogen) atoms. The van der Waals surface area contributed by atoms with Crippen molar-refractivity contribution in [1.82, 2.24) is 20.0 Å². The van der Waals surface area contributed by atoms with Crippen LogP contribution in [0.2, 0.25) is 0 Å². The third-order valence-corrected chi connectivity index (χ3v) is 4.33. The lowest BCUT2D eigenvalue weighted by molar-refractivity contribution is 0.0999. The molecule has 3 heterocycles. The minimum absolute atomic E-state index is 0.392. The van der Waals surface area contributed by atoms with Crippen LogP contribution in [0.25, 0.3) is 0 Å². The van der Waals surface area contributed by atoms with Crippen LogP contribution in [0.3, 0.4) is 0 Å². The van der Waals surface area contributed by atoms with Crippen molar-refractivity contribution in [3.8, 4) is 0 Å². The minimum Gasteiger partial charge on any atom is -0.365 e. The molecule has 2 saturated heterocycles. The lowest BCUT2D eigenvalue weighted by Crippen LogP contribution is -2.61. The number of amides is 1. The topological polar surface area (TPSA) is 79.4 Å². The van der Waals surface area contributed by atoms with Crippen molar-refractivity contribution in [2.24, 2.45) is 12.8 Å². The first-order chi connectivity index (χ1) is 9.58. The highest BCUT2D eigenvalue weighted by Gasteiger charge is 2.30. The Morgan fingerprint density at radius 1 is 1.30 bits per heavy atom. The molecule has 0 aliphatic carbocycles. The Kier molecular flexibility index (Phi) is 3.39. The summed E-state index contributed by atoms with van der Waals surface area (Å²) in [6, 6.07) is 0.682. The van der Waals surface area contributed by atoms with E-state index in [1.807, 2.05) is 14.0 Å². The van der Waals surface area contributed by atoms with E-state index >= 15 is 0 Å². The van der Waals surface area contributed by atoms with Gasteiger partial charge in [-0.25, -0.2) is 0 Å². The number of aryl methyl sites for hydroxylation is 2. The van der Waals surface area contributed by atoms with Gasteiger partial charge in [-0.05, 0) is 6.92 Å². The number of hydrogen-bond acceptors (Lipinski definition) is 5. The maximum absolute atomic E-state index is 11.7. The molecule has 2 fully saturated rings. The van der Waals surface area contributed by atoms with Gasteiger partial charge in [0, 0.05) is 52.4 Å². The molecule has 3 rings (SSSR count). The summed E-state index contributed by atoms with van der Waals surface area (Å²) in [6.45, 7) is 7.89. The van der Waals surface area contributed by atoms with E-state index in [1.54, 1.807) is 4.68 Å². The Morgan fingerprint density at radius 3 is 2.45 bits per heavy atom. The van der Waals surface area contributed by atoms with Crippen LogP contribution in [0.5, 0.6) is 0 Å². The van der Waals surface area contributed by atoms with Crippen LogP contribution in [0.4, 0.5) is 5.82 Å². The number of aromatic nitrogens is 2. The number of nitrogens with two attached hydrogens (primary N) is 1. The molecule has 3 N–H and O–H groups in total. The fourth-order valence-corrected chi connectivity index (χ4v) is 3.13. The summed E-state index contributed by atoms with van der Waals surface area (Å²) in [4.78, 5) is 16.4. The molecule has 0 bridgehead atoms. The monoisotopic (exact) mass is 278 g/mol. The first kappa shape index (κ1) is 13.4. The fourth-order valence-electron chi connectivity index (χ4n) is 3.13. The van der Waals surface area contributed by atoms with Crippen molar-refractivity contribution in [3.05, 3.63) is 11.3 Å². The molecule has 0 saturated carbocycles. The highest BCUT2D eigenvalue weighted by molar-refractivity contribution is 5.99. The van der Waals surface area contributed by atoms with Crippen molar-refractivity contribution in [1.29, 1.82) is 0 Å². The van der Waals surface area contributed by atoms with Gasteiger partial charge in [-0.2, -0.15) is 5.10 Å². The molecule has 1 aromatic rings. The molecule has 0 radical (unpaired) electrons. The van der Waals surface area contributed by atoms with Gasteiger partial charge in [-0.15, -0.1) is 0 Å².